The Bertz CT molecular complexity index is 996. The van der Waals surface area contributed by atoms with Gasteiger partial charge in [0.1, 0.15) is 0 Å². The van der Waals surface area contributed by atoms with Crippen molar-refractivity contribution in [2.24, 2.45) is 0 Å². The van der Waals surface area contributed by atoms with Crippen LogP contribution in [0.25, 0.3) is 0 Å². The monoisotopic (exact) mass is 432 g/mol. The Morgan fingerprint density at radius 2 is 1.72 bits per heavy atom. The second-order valence-corrected chi connectivity index (χ2v) is 8.58. The van der Waals surface area contributed by atoms with Crippen molar-refractivity contribution in [2.45, 2.75) is 43.4 Å². The van der Waals surface area contributed by atoms with E-state index in [1.807, 2.05) is 11.9 Å². The molecule has 2 aliphatic heterocycles. The van der Waals surface area contributed by atoms with E-state index in [1.165, 1.54) is 0 Å². The number of hydrogen-bond donors (Lipinski definition) is 1. The van der Waals surface area contributed by atoms with Gasteiger partial charge in [-0.15, -0.1) is 0 Å². The third-order valence-corrected chi connectivity index (χ3v) is 7.24. The van der Waals surface area contributed by atoms with E-state index in [4.69, 9.17) is 33.7 Å². The molecule has 0 radical (unpaired) electrons. The molecule has 2 atom stereocenters. The summed E-state index contributed by atoms with van der Waals surface area (Å²) in [4.78, 5) is 28.4. The summed E-state index contributed by atoms with van der Waals surface area (Å²) in [5.74, 6) is -0.551. The predicted octanol–water partition coefficient (Wildman–Crippen LogP) is 4.96. The summed E-state index contributed by atoms with van der Waals surface area (Å²) in [5.41, 5.74) is 5.45. The summed E-state index contributed by atoms with van der Waals surface area (Å²) >= 11 is 12.5. The van der Waals surface area contributed by atoms with Gasteiger partial charge in [-0.05, 0) is 50.6 Å². The standard InChI is InChI=1S/C22H22Cl2N2O3/c1-26-21(19(27)15-7-4-8-16(23)18(15)24)10-5-11-22(26,13-12-21)29-20(28)14-6-2-3-9-17(14)25/h2-4,6-9H,5,10-13,25H2,1H3/t21-,22-/m0/s1. The molecule has 152 valence electrons. The fourth-order valence-electron chi connectivity index (χ4n) is 4.76. The number of hydrogen-bond acceptors (Lipinski definition) is 5. The van der Waals surface area contributed by atoms with Crippen LogP contribution in [0.1, 0.15) is 52.8 Å². The summed E-state index contributed by atoms with van der Waals surface area (Å²) in [6.45, 7) is 0. The largest absolute Gasteiger partial charge is 0.440 e. The highest BCUT2D eigenvalue weighted by Gasteiger charge is 2.61. The van der Waals surface area contributed by atoms with Crippen LogP contribution in [0, 0.1) is 0 Å². The number of nitrogens with zero attached hydrogens (tertiary/aromatic N) is 1. The van der Waals surface area contributed by atoms with Gasteiger partial charge in [0.05, 0.1) is 21.1 Å². The van der Waals surface area contributed by atoms with E-state index in [0.29, 0.717) is 47.5 Å². The lowest BCUT2D eigenvalue weighted by Gasteiger charge is -2.47. The molecule has 2 bridgehead atoms. The van der Waals surface area contributed by atoms with Gasteiger partial charge in [-0.25, -0.2) is 4.79 Å². The predicted molar refractivity (Wildman–Crippen MR) is 113 cm³/mol. The van der Waals surface area contributed by atoms with Gasteiger partial charge in [-0.2, -0.15) is 0 Å². The number of fused-ring (bicyclic) bond motifs is 2. The van der Waals surface area contributed by atoms with Crippen molar-refractivity contribution in [3.63, 3.8) is 0 Å². The number of halogens is 2. The second kappa shape index (κ2) is 7.31. The number of piperidine rings is 1. The highest BCUT2D eigenvalue weighted by atomic mass is 35.5. The Kier molecular flexibility index (Phi) is 5.09. The Hall–Kier alpha value is -2.08. The van der Waals surface area contributed by atoms with Crippen molar-refractivity contribution in [3.8, 4) is 0 Å². The average molecular weight is 433 g/mol. The minimum atomic E-state index is -0.835. The van der Waals surface area contributed by atoms with E-state index in [2.05, 4.69) is 0 Å². The maximum absolute atomic E-state index is 13.6. The number of esters is 1. The smallest absolute Gasteiger partial charge is 0.342 e. The number of nitrogens with two attached hydrogens (primary N) is 1. The number of para-hydroxylation sites is 1. The first kappa shape index (κ1) is 20.2. The fraction of sp³-hybridized carbons (Fsp3) is 0.364. The van der Waals surface area contributed by atoms with Crippen LogP contribution in [-0.4, -0.2) is 35.0 Å². The molecule has 2 N–H and O–H groups in total. The summed E-state index contributed by atoms with van der Waals surface area (Å²) < 4.78 is 6.01. The molecule has 5 nitrogen and oxygen atoms in total. The quantitative estimate of drug-likeness (QED) is 0.419. The minimum Gasteiger partial charge on any atom is -0.440 e. The summed E-state index contributed by atoms with van der Waals surface area (Å²) in [6, 6.07) is 11.9. The Morgan fingerprint density at radius 1 is 1.00 bits per heavy atom. The first-order valence-corrected chi connectivity index (χ1v) is 10.4. The molecule has 29 heavy (non-hydrogen) atoms. The average Bonchev–Trinajstić information content (AvgIpc) is 2.86. The number of anilines is 1. The molecule has 2 aromatic rings. The van der Waals surface area contributed by atoms with Crippen LogP contribution in [-0.2, 0) is 4.74 Å². The molecule has 0 amide bonds. The van der Waals surface area contributed by atoms with Crippen molar-refractivity contribution in [2.75, 3.05) is 12.8 Å². The minimum absolute atomic E-state index is 0.0793. The molecule has 2 saturated heterocycles. The fourth-order valence-corrected chi connectivity index (χ4v) is 5.15. The summed E-state index contributed by atoms with van der Waals surface area (Å²) in [7, 11) is 1.85. The molecule has 2 aromatic carbocycles. The molecule has 0 unspecified atom stereocenters. The zero-order valence-electron chi connectivity index (χ0n) is 16.1. The number of ether oxygens (including phenoxy) is 1. The molecular weight excluding hydrogens is 411 g/mol. The Balaban J connectivity index is 1.65. The molecule has 0 aromatic heterocycles. The van der Waals surface area contributed by atoms with Gasteiger partial charge in [0.15, 0.2) is 11.5 Å². The first-order chi connectivity index (χ1) is 13.8. The molecule has 2 heterocycles. The number of benzene rings is 2. The lowest BCUT2D eigenvalue weighted by molar-refractivity contribution is -0.129. The van der Waals surface area contributed by atoms with Crippen molar-refractivity contribution in [1.29, 1.82) is 0 Å². The third kappa shape index (κ3) is 3.12. The van der Waals surface area contributed by atoms with Crippen LogP contribution >= 0.6 is 23.2 Å². The molecule has 2 fully saturated rings. The topological polar surface area (TPSA) is 72.6 Å². The third-order valence-electron chi connectivity index (χ3n) is 6.42. The van der Waals surface area contributed by atoms with Gasteiger partial charge in [0, 0.05) is 24.1 Å². The molecule has 0 aliphatic carbocycles. The Morgan fingerprint density at radius 3 is 2.48 bits per heavy atom. The normalized spacial score (nSPS) is 26.3. The van der Waals surface area contributed by atoms with Gasteiger partial charge in [0.2, 0.25) is 0 Å². The number of rotatable bonds is 4. The van der Waals surface area contributed by atoms with E-state index in [0.717, 1.165) is 6.42 Å². The number of Topliss-reactive ketones (excluding diaryl/α,β-unsaturated/α-hetero) is 1. The van der Waals surface area contributed by atoms with Crippen LogP contribution in [0.2, 0.25) is 10.0 Å². The number of carbonyl (C=O) groups excluding carboxylic acids is 2. The molecule has 0 spiro atoms. The highest BCUT2D eigenvalue weighted by Crippen LogP contribution is 2.52. The van der Waals surface area contributed by atoms with Crippen LogP contribution in [0.5, 0.6) is 0 Å². The van der Waals surface area contributed by atoms with Crippen molar-refractivity contribution in [1.82, 2.24) is 4.90 Å². The number of carbonyl (C=O) groups is 2. The zero-order valence-corrected chi connectivity index (χ0v) is 17.6. The molecular formula is C22H22Cl2N2O3. The van der Waals surface area contributed by atoms with Crippen molar-refractivity contribution in [3.05, 3.63) is 63.6 Å². The van der Waals surface area contributed by atoms with Gasteiger partial charge in [-0.1, -0.05) is 41.4 Å². The van der Waals surface area contributed by atoms with Crippen molar-refractivity contribution < 1.29 is 14.3 Å². The highest BCUT2D eigenvalue weighted by molar-refractivity contribution is 6.44. The molecule has 0 saturated carbocycles. The summed E-state index contributed by atoms with van der Waals surface area (Å²) in [5, 5.41) is 0.613. The van der Waals surface area contributed by atoms with E-state index in [1.54, 1.807) is 42.5 Å². The Labute approximate surface area is 179 Å². The maximum Gasteiger partial charge on any atom is 0.342 e. The van der Waals surface area contributed by atoms with E-state index in [-0.39, 0.29) is 10.8 Å². The van der Waals surface area contributed by atoms with Crippen LogP contribution in [0.15, 0.2) is 42.5 Å². The number of ketones is 1. The maximum atomic E-state index is 13.6. The van der Waals surface area contributed by atoms with Crippen LogP contribution < -0.4 is 5.73 Å². The summed E-state index contributed by atoms with van der Waals surface area (Å²) in [6.07, 6.45) is 3.28. The van der Waals surface area contributed by atoms with Gasteiger partial charge in [-0.3, -0.25) is 9.69 Å². The second-order valence-electron chi connectivity index (χ2n) is 7.80. The van der Waals surface area contributed by atoms with Gasteiger partial charge >= 0.3 is 5.97 Å². The van der Waals surface area contributed by atoms with E-state index in [9.17, 15) is 9.59 Å². The number of nitrogen functional groups attached to an aromatic ring is 1. The van der Waals surface area contributed by atoms with Crippen molar-refractivity contribution >= 4 is 40.6 Å². The lowest BCUT2D eigenvalue weighted by atomic mass is 9.81. The molecule has 4 rings (SSSR count). The first-order valence-electron chi connectivity index (χ1n) is 9.61. The van der Waals surface area contributed by atoms with Gasteiger partial charge < -0.3 is 10.5 Å². The van der Waals surface area contributed by atoms with Crippen LogP contribution in [0.3, 0.4) is 0 Å². The molecule has 2 aliphatic rings. The van der Waals surface area contributed by atoms with E-state index < -0.39 is 17.2 Å². The van der Waals surface area contributed by atoms with Gasteiger partial charge in [0.25, 0.3) is 0 Å². The SMILES string of the molecule is CN1[C@]2(OC(=O)c3ccccc3N)CCC[C@@]1(C(=O)c1cccc(Cl)c1Cl)CC2. The zero-order chi connectivity index (χ0) is 20.8. The number of likely N-dealkylation sites (N-methyl/N-ethyl adjacent to an activating group) is 1. The van der Waals surface area contributed by atoms with E-state index >= 15 is 0 Å². The van der Waals surface area contributed by atoms with Crippen LogP contribution in [0.4, 0.5) is 5.69 Å². The molecule has 7 heteroatoms. The lowest BCUT2D eigenvalue weighted by Crippen LogP contribution is -2.60.